The molecule has 0 bridgehead atoms. The van der Waals surface area contributed by atoms with E-state index in [1.165, 1.54) is 22.1 Å². The topological polar surface area (TPSA) is 112 Å². The standard InChI is InChI=1S/C26H32N6O3/c1-26(25(35)29-18-8-4-3-5-9-18)16-32-22(24(34)31(26)2)14-21(30-32)23(33)27-13-12-17-15-28-20-11-7-6-10-19(17)20/h6-7,10-11,14-15,18,28H,3-5,8-9,12-13,16H2,1-2H3,(H,27,33)(H,29,35)/t26-/m1/s1. The summed E-state index contributed by atoms with van der Waals surface area (Å²) in [5, 5.41) is 11.6. The molecule has 3 amide bonds. The number of nitrogens with one attached hydrogen (secondary N) is 3. The predicted octanol–water partition coefficient (Wildman–Crippen LogP) is 2.63. The second-order valence-corrected chi connectivity index (χ2v) is 9.88. The Labute approximate surface area is 204 Å². The van der Waals surface area contributed by atoms with Gasteiger partial charge in [0.1, 0.15) is 11.2 Å². The number of aromatic amines is 1. The first kappa shape index (κ1) is 23.1. The number of fused-ring (bicyclic) bond motifs is 2. The maximum atomic E-state index is 13.2. The van der Waals surface area contributed by atoms with Crippen molar-refractivity contribution in [2.24, 2.45) is 0 Å². The van der Waals surface area contributed by atoms with Gasteiger partial charge in [-0.25, -0.2) is 0 Å². The number of hydrogen-bond donors (Lipinski definition) is 3. The maximum Gasteiger partial charge on any atom is 0.272 e. The van der Waals surface area contributed by atoms with Gasteiger partial charge in [0, 0.05) is 42.8 Å². The number of H-pyrrole nitrogens is 1. The van der Waals surface area contributed by atoms with Gasteiger partial charge in [-0.3, -0.25) is 19.1 Å². The molecule has 1 saturated carbocycles. The third-order valence-electron chi connectivity index (χ3n) is 7.52. The van der Waals surface area contributed by atoms with Crippen LogP contribution in [0.25, 0.3) is 10.9 Å². The fraction of sp³-hybridized carbons (Fsp3) is 0.462. The van der Waals surface area contributed by atoms with Gasteiger partial charge in [0.25, 0.3) is 11.8 Å². The molecule has 35 heavy (non-hydrogen) atoms. The van der Waals surface area contributed by atoms with Crippen molar-refractivity contribution in [3.05, 3.63) is 53.5 Å². The van der Waals surface area contributed by atoms with E-state index < -0.39 is 5.54 Å². The van der Waals surface area contributed by atoms with Crippen LogP contribution in [0.1, 0.15) is 65.6 Å². The van der Waals surface area contributed by atoms with E-state index in [0.717, 1.165) is 42.1 Å². The Balaban J connectivity index is 1.25. The smallest absolute Gasteiger partial charge is 0.272 e. The van der Waals surface area contributed by atoms with Crippen molar-refractivity contribution in [2.45, 2.75) is 63.6 Å². The first-order valence-electron chi connectivity index (χ1n) is 12.4. The number of carbonyl (C=O) groups excluding carboxylic acids is 3. The molecule has 3 aromatic rings. The number of rotatable bonds is 6. The number of amides is 3. The quantitative estimate of drug-likeness (QED) is 0.508. The molecule has 2 aromatic heterocycles. The minimum atomic E-state index is -1.07. The van der Waals surface area contributed by atoms with Gasteiger partial charge in [0.05, 0.1) is 6.54 Å². The summed E-state index contributed by atoms with van der Waals surface area (Å²) in [5.74, 6) is -0.829. The lowest BCUT2D eigenvalue weighted by atomic mass is 9.92. The largest absolute Gasteiger partial charge is 0.361 e. The van der Waals surface area contributed by atoms with E-state index in [0.29, 0.717) is 18.7 Å². The molecule has 3 heterocycles. The Kier molecular flexibility index (Phi) is 6.08. The number of para-hydroxylation sites is 1. The van der Waals surface area contributed by atoms with E-state index in [1.54, 1.807) is 14.0 Å². The second-order valence-electron chi connectivity index (χ2n) is 9.88. The Hall–Kier alpha value is -3.62. The number of hydrogen-bond acceptors (Lipinski definition) is 4. The van der Waals surface area contributed by atoms with E-state index in [1.807, 2.05) is 24.4 Å². The van der Waals surface area contributed by atoms with E-state index in [-0.39, 0.29) is 36.0 Å². The van der Waals surface area contributed by atoms with Crippen LogP contribution in [0.3, 0.4) is 0 Å². The summed E-state index contributed by atoms with van der Waals surface area (Å²) < 4.78 is 1.50. The summed E-state index contributed by atoms with van der Waals surface area (Å²) in [4.78, 5) is 43.8. The fourth-order valence-electron chi connectivity index (χ4n) is 5.17. The van der Waals surface area contributed by atoms with Crippen molar-refractivity contribution in [3.8, 4) is 0 Å². The van der Waals surface area contributed by atoms with Crippen LogP contribution in [-0.4, -0.2) is 62.6 Å². The molecular weight excluding hydrogens is 444 g/mol. The summed E-state index contributed by atoms with van der Waals surface area (Å²) in [7, 11) is 1.64. The van der Waals surface area contributed by atoms with Crippen molar-refractivity contribution in [2.75, 3.05) is 13.6 Å². The van der Waals surface area contributed by atoms with Gasteiger partial charge >= 0.3 is 0 Å². The molecule has 1 fully saturated rings. The highest BCUT2D eigenvalue weighted by molar-refractivity contribution is 6.01. The number of likely N-dealkylation sites (N-methyl/N-ethyl adjacent to an activating group) is 1. The van der Waals surface area contributed by atoms with Gasteiger partial charge in [-0.1, -0.05) is 37.5 Å². The molecule has 1 atom stereocenters. The molecule has 1 aromatic carbocycles. The highest BCUT2D eigenvalue weighted by atomic mass is 16.2. The monoisotopic (exact) mass is 476 g/mol. The zero-order valence-electron chi connectivity index (χ0n) is 20.3. The molecule has 1 aliphatic carbocycles. The van der Waals surface area contributed by atoms with Crippen LogP contribution in [-0.2, 0) is 17.8 Å². The number of nitrogens with zero attached hydrogens (tertiary/aromatic N) is 3. The normalized spacial score (nSPS) is 20.6. The van der Waals surface area contributed by atoms with E-state index in [2.05, 4.69) is 26.8 Å². The zero-order chi connectivity index (χ0) is 24.6. The number of carbonyl (C=O) groups is 3. The zero-order valence-corrected chi connectivity index (χ0v) is 20.3. The van der Waals surface area contributed by atoms with Crippen LogP contribution in [0, 0.1) is 0 Å². The van der Waals surface area contributed by atoms with Crippen molar-refractivity contribution in [3.63, 3.8) is 0 Å². The lowest BCUT2D eigenvalue weighted by Gasteiger charge is -2.41. The second kappa shape index (κ2) is 9.20. The SMILES string of the molecule is CN1C(=O)c2cc(C(=O)NCCc3c[nH]c4ccccc34)nn2C[C@]1(C)C(=O)NC1CCCCC1. The first-order chi connectivity index (χ1) is 16.9. The minimum Gasteiger partial charge on any atom is -0.361 e. The summed E-state index contributed by atoms with van der Waals surface area (Å²) >= 11 is 0. The Bertz CT molecular complexity index is 1270. The lowest BCUT2D eigenvalue weighted by Crippen LogP contribution is -2.63. The van der Waals surface area contributed by atoms with Gasteiger partial charge in [0.2, 0.25) is 5.91 Å². The molecule has 0 spiro atoms. The summed E-state index contributed by atoms with van der Waals surface area (Å²) in [5.41, 5.74) is 1.61. The number of benzene rings is 1. The molecule has 0 unspecified atom stereocenters. The van der Waals surface area contributed by atoms with E-state index in [4.69, 9.17) is 0 Å². The van der Waals surface area contributed by atoms with Gasteiger partial charge in [-0.2, -0.15) is 5.10 Å². The average Bonchev–Trinajstić information content (AvgIpc) is 3.48. The molecule has 184 valence electrons. The summed E-state index contributed by atoms with van der Waals surface area (Å²) in [6.07, 6.45) is 7.98. The van der Waals surface area contributed by atoms with Crippen molar-refractivity contribution in [1.82, 2.24) is 30.3 Å². The third kappa shape index (κ3) is 4.31. The van der Waals surface area contributed by atoms with Crippen LogP contribution in [0.4, 0.5) is 0 Å². The Morgan fingerprint density at radius 1 is 1.20 bits per heavy atom. The Morgan fingerprint density at radius 2 is 1.97 bits per heavy atom. The summed E-state index contributed by atoms with van der Waals surface area (Å²) in [6, 6.07) is 9.70. The molecule has 3 N–H and O–H groups in total. The maximum absolute atomic E-state index is 13.2. The summed E-state index contributed by atoms with van der Waals surface area (Å²) in [6.45, 7) is 2.40. The van der Waals surface area contributed by atoms with Gasteiger partial charge in [-0.05, 0) is 37.8 Å². The van der Waals surface area contributed by atoms with Crippen LogP contribution < -0.4 is 10.6 Å². The van der Waals surface area contributed by atoms with Gasteiger partial charge in [0.15, 0.2) is 5.69 Å². The average molecular weight is 477 g/mol. The lowest BCUT2D eigenvalue weighted by molar-refractivity contribution is -0.133. The predicted molar refractivity (Wildman–Crippen MR) is 132 cm³/mol. The third-order valence-corrected chi connectivity index (χ3v) is 7.52. The highest BCUT2D eigenvalue weighted by Crippen LogP contribution is 2.27. The van der Waals surface area contributed by atoms with Crippen LogP contribution in [0.15, 0.2) is 36.5 Å². The molecule has 1 aliphatic heterocycles. The van der Waals surface area contributed by atoms with E-state index >= 15 is 0 Å². The van der Waals surface area contributed by atoms with Crippen molar-refractivity contribution in [1.29, 1.82) is 0 Å². The minimum absolute atomic E-state index is 0.147. The molecule has 2 aliphatic rings. The molecule has 0 radical (unpaired) electrons. The van der Waals surface area contributed by atoms with Crippen molar-refractivity contribution >= 4 is 28.6 Å². The fourth-order valence-corrected chi connectivity index (χ4v) is 5.17. The van der Waals surface area contributed by atoms with Gasteiger partial charge < -0.3 is 20.5 Å². The molecule has 9 heteroatoms. The highest BCUT2D eigenvalue weighted by Gasteiger charge is 2.46. The molecule has 0 saturated heterocycles. The first-order valence-corrected chi connectivity index (χ1v) is 12.4. The van der Waals surface area contributed by atoms with Gasteiger partial charge in [-0.15, -0.1) is 0 Å². The van der Waals surface area contributed by atoms with Crippen LogP contribution >= 0.6 is 0 Å². The van der Waals surface area contributed by atoms with Crippen LogP contribution in [0.2, 0.25) is 0 Å². The molecule has 9 nitrogen and oxygen atoms in total. The van der Waals surface area contributed by atoms with Crippen molar-refractivity contribution < 1.29 is 14.4 Å². The Morgan fingerprint density at radius 3 is 2.77 bits per heavy atom. The number of aromatic nitrogens is 3. The molecular formula is C26H32N6O3. The van der Waals surface area contributed by atoms with E-state index in [9.17, 15) is 14.4 Å². The molecule has 5 rings (SSSR count). The van der Waals surface area contributed by atoms with Crippen LogP contribution in [0.5, 0.6) is 0 Å².